The van der Waals surface area contributed by atoms with E-state index in [0.717, 1.165) is 36.5 Å². The number of amides is 1. The molecule has 0 aromatic heterocycles. The van der Waals surface area contributed by atoms with Crippen molar-refractivity contribution >= 4 is 11.6 Å². The Bertz CT molecular complexity index is 453. The molecule has 1 atom stereocenters. The number of carbonyl (C=O) groups excluding carboxylic acids is 1. The van der Waals surface area contributed by atoms with E-state index in [1.54, 1.807) is 7.11 Å². The molecule has 4 heteroatoms. The van der Waals surface area contributed by atoms with Crippen molar-refractivity contribution in [3.05, 3.63) is 23.8 Å². The van der Waals surface area contributed by atoms with E-state index in [2.05, 4.69) is 5.32 Å². The van der Waals surface area contributed by atoms with Gasteiger partial charge < -0.3 is 15.0 Å². The van der Waals surface area contributed by atoms with Gasteiger partial charge in [0.1, 0.15) is 5.75 Å². The lowest BCUT2D eigenvalue weighted by atomic mass is 10.1. The highest BCUT2D eigenvalue weighted by molar-refractivity contribution is 6.02. The summed E-state index contributed by atoms with van der Waals surface area (Å²) >= 11 is 0. The quantitative estimate of drug-likeness (QED) is 0.825. The molecule has 0 saturated carbocycles. The monoisotopic (exact) mass is 232 g/mol. The van der Waals surface area contributed by atoms with Crippen LogP contribution in [-0.2, 0) is 11.2 Å². The number of anilines is 1. The van der Waals surface area contributed by atoms with Crippen molar-refractivity contribution in [2.24, 2.45) is 0 Å². The zero-order chi connectivity index (χ0) is 11.8. The fourth-order valence-corrected chi connectivity index (χ4v) is 2.69. The molecule has 0 bridgehead atoms. The maximum absolute atomic E-state index is 12.1. The van der Waals surface area contributed by atoms with Crippen LogP contribution in [0.3, 0.4) is 0 Å². The van der Waals surface area contributed by atoms with Crippen molar-refractivity contribution < 1.29 is 9.53 Å². The van der Waals surface area contributed by atoms with Crippen molar-refractivity contribution in [3.63, 3.8) is 0 Å². The van der Waals surface area contributed by atoms with Gasteiger partial charge in [-0.15, -0.1) is 0 Å². The molecule has 1 saturated heterocycles. The molecule has 0 radical (unpaired) electrons. The molecule has 2 aliphatic rings. The van der Waals surface area contributed by atoms with Crippen LogP contribution in [0.5, 0.6) is 5.75 Å². The molecule has 1 unspecified atom stereocenters. The summed E-state index contributed by atoms with van der Waals surface area (Å²) in [5.41, 5.74) is 2.14. The number of methoxy groups -OCH3 is 1. The molecule has 4 nitrogen and oxygen atoms in total. The van der Waals surface area contributed by atoms with E-state index >= 15 is 0 Å². The van der Waals surface area contributed by atoms with E-state index in [9.17, 15) is 4.79 Å². The van der Waals surface area contributed by atoms with Crippen molar-refractivity contribution in [2.45, 2.75) is 18.9 Å². The Kier molecular flexibility index (Phi) is 2.52. The number of benzene rings is 1. The summed E-state index contributed by atoms with van der Waals surface area (Å²) in [6.07, 6.45) is 1.55. The van der Waals surface area contributed by atoms with E-state index < -0.39 is 0 Å². The number of nitrogens with one attached hydrogen (secondary N) is 1. The second-order valence-corrected chi connectivity index (χ2v) is 4.58. The smallest absolute Gasteiger partial charge is 0.231 e. The topological polar surface area (TPSA) is 41.6 Å². The minimum absolute atomic E-state index is 0.210. The third kappa shape index (κ3) is 1.69. The number of fused-ring (bicyclic) bond motifs is 1. The number of carbonyl (C=O) groups is 1. The second-order valence-electron chi connectivity index (χ2n) is 4.58. The van der Waals surface area contributed by atoms with Crippen LogP contribution in [-0.4, -0.2) is 32.1 Å². The predicted molar refractivity (Wildman–Crippen MR) is 65.5 cm³/mol. The van der Waals surface area contributed by atoms with Gasteiger partial charge in [-0.3, -0.25) is 4.79 Å². The average Bonchev–Trinajstić information content (AvgIpc) is 2.93. The standard InChI is InChI=1S/C13H16N2O2/c1-17-11-3-2-9-6-13(16)15(12(9)7-11)10-4-5-14-8-10/h2-3,7,10,14H,4-6,8H2,1H3. The molecule has 3 rings (SSSR count). The minimum Gasteiger partial charge on any atom is -0.497 e. The second kappa shape index (κ2) is 4.04. The van der Waals surface area contributed by atoms with Crippen molar-refractivity contribution in [1.82, 2.24) is 5.32 Å². The van der Waals surface area contributed by atoms with Gasteiger partial charge in [0, 0.05) is 12.6 Å². The molecule has 90 valence electrons. The largest absolute Gasteiger partial charge is 0.497 e. The van der Waals surface area contributed by atoms with E-state index in [1.165, 1.54) is 0 Å². The Balaban J connectivity index is 1.98. The first-order valence-corrected chi connectivity index (χ1v) is 5.99. The molecule has 2 heterocycles. The van der Waals surface area contributed by atoms with Gasteiger partial charge in [-0.1, -0.05) is 6.07 Å². The summed E-state index contributed by atoms with van der Waals surface area (Å²) in [5, 5.41) is 3.30. The van der Waals surface area contributed by atoms with Crippen LogP contribution in [0.15, 0.2) is 18.2 Å². The molecule has 0 spiro atoms. The van der Waals surface area contributed by atoms with Crippen LogP contribution in [0.4, 0.5) is 5.69 Å². The Morgan fingerprint density at radius 2 is 2.35 bits per heavy atom. The van der Waals surface area contributed by atoms with Gasteiger partial charge in [-0.05, 0) is 24.6 Å². The summed E-state index contributed by atoms with van der Waals surface area (Å²) in [5.74, 6) is 1.02. The maximum atomic E-state index is 12.1. The van der Waals surface area contributed by atoms with Gasteiger partial charge in [-0.25, -0.2) is 0 Å². The van der Waals surface area contributed by atoms with Crippen LogP contribution < -0.4 is 15.0 Å². The van der Waals surface area contributed by atoms with Gasteiger partial charge >= 0.3 is 0 Å². The molecule has 1 fully saturated rings. The zero-order valence-electron chi connectivity index (χ0n) is 9.90. The Hall–Kier alpha value is -1.55. The van der Waals surface area contributed by atoms with E-state index in [-0.39, 0.29) is 5.91 Å². The highest BCUT2D eigenvalue weighted by atomic mass is 16.5. The molecule has 17 heavy (non-hydrogen) atoms. The third-order valence-corrected chi connectivity index (χ3v) is 3.56. The van der Waals surface area contributed by atoms with Crippen LogP contribution in [0, 0.1) is 0 Å². The first-order valence-electron chi connectivity index (χ1n) is 5.99. The fourth-order valence-electron chi connectivity index (χ4n) is 2.69. The molecule has 1 amide bonds. The lowest BCUT2D eigenvalue weighted by molar-refractivity contribution is -0.117. The molecule has 1 aromatic rings. The van der Waals surface area contributed by atoms with Crippen molar-refractivity contribution in [2.75, 3.05) is 25.1 Å². The zero-order valence-corrected chi connectivity index (χ0v) is 9.90. The van der Waals surface area contributed by atoms with E-state index in [1.807, 2.05) is 23.1 Å². The molecule has 2 aliphatic heterocycles. The van der Waals surface area contributed by atoms with Crippen LogP contribution in [0.25, 0.3) is 0 Å². The number of ether oxygens (including phenoxy) is 1. The van der Waals surface area contributed by atoms with Crippen molar-refractivity contribution in [1.29, 1.82) is 0 Å². The predicted octanol–water partition coefficient (Wildman–Crippen LogP) is 0.946. The van der Waals surface area contributed by atoms with Gasteiger partial charge in [0.15, 0.2) is 0 Å². The number of rotatable bonds is 2. The van der Waals surface area contributed by atoms with Gasteiger partial charge in [-0.2, -0.15) is 0 Å². The summed E-state index contributed by atoms with van der Waals surface area (Å²) < 4.78 is 5.23. The number of nitrogens with zero attached hydrogens (tertiary/aromatic N) is 1. The SMILES string of the molecule is COc1ccc2c(c1)N(C1CCNC1)C(=O)C2. The van der Waals surface area contributed by atoms with Gasteiger partial charge in [0.2, 0.25) is 5.91 Å². The Morgan fingerprint density at radius 3 is 3.06 bits per heavy atom. The maximum Gasteiger partial charge on any atom is 0.231 e. The third-order valence-electron chi connectivity index (χ3n) is 3.56. The molecule has 0 aliphatic carbocycles. The fraction of sp³-hybridized carbons (Fsp3) is 0.462. The van der Waals surface area contributed by atoms with Crippen LogP contribution in [0.2, 0.25) is 0 Å². The highest BCUT2D eigenvalue weighted by Gasteiger charge is 2.34. The van der Waals surface area contributed by atoms with Gasteiger partial charge in [0.05, 0.1) is 25.3 Å². The van der Waals surface area contributed by atoms with Crippen LogP contribution >= 0.6 is 0 Å². The molecular formula is C13H16N2O2. The minimum atomic E-state index is 0.210. The molecular weight excluding hydrogens is 216 g/mol. The highest BCUT2D eigenvalue weighted by Crippen LogP contribution is 2.34. The summed E-state index contributed by atoms with van der Waals surface area (Å²) in [4.78, 5) is 14.0. The van der Waals surface area contributed by atoms with E-state index in [0.29, 0.717) is 12.5 Å². The molecule has 1 aromatic carbocycles. The summed E-state index contributed by atoms with van der Waals surface area (Å²) in [7, 11) is 1.65. The molecule has 1 N–H and O–H groups in total. The van der Waals surface area contributed by atoms with Gasteiger partial charge in [0.25, 0.3) is 0 Å². The lowest BCUT2D eigenvalue weighted by Gasteiger charge is -2.24. The van der Waals surface area contributed by atoms with Crippen molar-refractivity contribution in [3.8, 4) is 5.75 Å². The summed E-state index contributed by atoms with van der Waals surface area (Å²) in [6, 6.07) is 6.19. The lowest BCUT2D eigenvalue weighted by Crippen LogP contribution is -2.39. The first kappa shape index (κ1) is 10.6. The summed E-state index contributed by atoms with van der Waals surface area (Å²) in [6.45, 7) is 1.89. The van der Waals surface area contributed by atoms with E-state index in [4.69, 9.17) is 4.74 Å². The average molecular weight is 232 g/mol. The Morgan fingerprint density at radius 1 is 1.47 bits per heavy atom. The first-order chi connectivity index (χ1) is 8.29. The number of hydrogen-bond acceptors (Lipinski definition) is 3. The normalized spacial score (nSPS) is 23.0. The van der Waals surface area contributed by atoms with Crippen LogP contribution in [0.1, 0.15) is 12.0 Å². The Labute approximate surface area is 101 Å². The number of hydrogen-bond donors (Lipinski definition) is 1.